The van der Waals surface area contributed by atoms with E-state index in [1.165, 1.54) is 11.6 Å². The minimum atomic E-state index is -0.301. The molecule has 0 atom stereocenters. The van der Waals surface area contributed by atoms with Crippen LogP contribution in [0.15, 0.2) is 39.5 Å². The van der Waals surface area contributed by atoms with Gasteiger partial charge in [-0.1, -0.05) is 6.07 Å². The summed E-state index contributed by atoms with van der Waals surface area (Å²) in [5.74, 6) is 0. The molecule has 0 unspecified atom stereocenters. The predicted octanol–water partition coefficient (Wildman–Crippen LogP) is 0.377. The first kappa shape index (κ1) is 17.1. The molecule has 0 radical (unpaired) electrons. The van der Waals surface area contributed by atoms with Gasteiger partial charge in [0.05, 0.1) is 0 Å². The predicted molar refractivity (Wildman–Crippen MR) is 96.4 cm³/mol. The first-order valence-corrected chi connectivity index (χ1v) is 8.68. The number of nitrogens with zero attached hydrogens (tertiary/aromatic N) is 1. The largest absolute Gasteiger partial charge is 0.423 e. The molecular formula is C18H26N4O2. The third kappa shape index (κ3) is 5.14. The smallest absolute Gasteiger partial charge is 0.336 e. The van der Waals surface area contributed by atoms with Crippen molar-refractivity contribution in [3.8, 4) is 0 Å². The van der Waals surface area contributed by atoms with Crippen molar-refractivity contribution in [2.24, 2.45) is 0 Å². The van der Waals surface area contributed by atoms with E-state index >= 15 is 0 Å². The average molecular weight is 330 g/mol. The first-order chi connectivity index (χ1) is 11.8. The van der Waals surface area contributed by atoms with Gasteiger partial charge in [0.2, 0.25) is 0 Å². The zero-order valence-corrected chi connectivity index (χ0v) is 14.0. The van der Waals surface area contributed by atoms with Crippen molar-refractivity contribution in [1.82, 2.24) is 20.9 Å². The minimum Gasteiger partial charge on any atom is -0.423 e. The lowest BCUT2D eigenvalue weighted by Crippen LogP contribution is -2.41. The summed E-state index contributed by atoms with van der Waals surface area (Å²) in [6.45, 7) is 8.94. The number of hydrogen-bond acceptors (Lipinski definition) is 6. The summed E-state index contributed by atoms with van der Waals surface area (Å²) in [4.78, 5) is 13.7. The van der Waals surface area contributed by atoms with Gasteiger partial charge in [-0.3, -0.25) is 4.90 Å². The molecule has 1 fully saturated rings. The van der Waals surface area contributed by atoms with Crippen LogP contribution in [0.1, 0.15) is 5.56 Å². The monoisotopic (exact) mass is 330 g/mol. The number of hydrogen-bond donors (Lipinski definition) is 3. The van der Waals surface area contributed by atoms with Gasteiger partial charge < -0.3 is 20.4 Å². The fourth-order valence-corrected chi connectivity index (χ4v) is 2.95. The highest BCUT2D eigenvalue weighted by Crippen LogP contribution is 2.15. The maximum atomic E-state index is 11.3. The van der Waals surface area contributed by atoms with Gasteiger partial charge in [0, 0.05) is 70.4 Å². The van der Waals surface area contributed by atoms with Crippen LogP contribution in [-0.2, 0) is 6.54 Å². The van der Waals surface area contributed by atoms with Crippen LogP contribution in [0.5, 0.6) is 0 Å². The molecule has 0 amide bonds. The van der Waals surface area contributed by atoms with Gasteiger partial charge in [0.25, 0.3) is 0 Å². The SMILES string of the molecule is O=c1ccc2cc(CN3CCNCCNCCNCC3)ccc2o1. The van der Waals surface area contributed by atoms with E-state index in [-0.39, 0.29) is 5.63 Å². The van der Waals surface area contributed by atoms with Gasteiger partial charge in [-0.2, -0.15) is 0 Å². The molecule has 1 saturated heterocycles. The van der Waals surface area contributed by atoms with Gasteiger partial charge >= 0.3 is 5.63 Å². The summed E-state index contributed by atoms with van der Waals surface area (Å²) in [5, 5.41) is 11.3. The third-order valence-corrected chi connectivity index (χ3v) is 4.26. The van der Waals surface area contributed by atoms with E-state index in [1.54, 1.807) is 0 Å². The standard InChI is InChI=1S/C18H26N4O2/c23-18-4-2-16-13-15(1-3-17(16)24-18)14-22-11-9-20-7-5-19-6-8-21-10-12-22/h1-4,13,19-21H,5-12,14H2. The number of benzene rings is 1. The summed E-state index contributed by atoms with van der Waals surface area (Å²) in [6, 6.07) is 9.36. The highest BCUT2D eigenvalue weighted by atomic mass is 16.4. The first-order valence-electron chi connectivity index (χ1n) is 8.68. The zero-order valence-electron chi connectivity index (χ0n) is 14.0. The third-order valence-electron chi connectivity index (χ3n) is 4.26. The van der Waals surface area contributed by atoms with Gasteiger partial charge in [0.15, 0.2) is 0 Å². The maximum Gasteiger partial charge on any atom is 0.336 e. The van der Waals surface area contributed by atoms with Crippen LogP contribution in [-0.4, -0.2) is 57.3 Å². The Kier molecular flexibility index (Phi) is 6.37. The van der Waals surface area contributed by atoms with E-state index in [0.717, 1.165) is 64.3 Å². The maximum absolute atomic E-state index is 11.3. The Bertz CT molecular complexity index is 689. The van der Waals surface area contributed by atoms with Crippen LogP contribution in [0.25, 0.3) is 11.0 Å². The van der Waals surface area contributed by atoms with E-state index in [2.05, 4.69) is 26.9 Å². The van der Waals surface area contributed by atoms with E-state index in [4.69, 9.17) is 4.42 Å². The molecule has 3 N–H and O–H groups in total. The molecule has 0 spiro atoms. The summed E-state index contributed by atoms with van der Waals surface area (Å²) >= 11 is 0. The van der Waals surface area contributed by atoms with E-state index in [9.17, 15) is 4.79 Å². The Morgan fingerprint density at radius 1 is 0.875 bits per heavy atom. The number of fused-ring (bicyclic) bond motifs is 1. The molecule has 24 heavy (non-hydrogen) atoms. The Morgan fingerprint density at radius 3 is 2.25 bits per heavy atom. The van der Waals surface area contributed by atoms with Crippen molar-refractivity contribution < 1.29 is 4.42 Å². The summed E-state index contributed by atoms with van der Waals surface area (Å²) in [7, 11) is 0. The number of rotatable bonds is 2. The van der Waals surface area contributed by atoms with E-state index in [1.807, 2.05) is 18.2 Å². The molecule has 1 aliphatic heterocycles. The molecule has 0 bridgehead atoms. The molecule has 130 valence electrons. The van der Waals surface area contributed by atoms with Crippen molar-refractivity contribution in [1.29, 1.82) is 0 Å². The molecule has 0 saturated carbocycles. The van der Waals surface area contributed by atoms with Gasteiger partial charge in [-0.15, -0.1) is 0 Å². The van der Waals surface area contributed by atoms with Crippen LogP contribution >= 0.6 is 0 Å². The Morgan fingerprint density at radius 2 is 1.54 bits per heavy atom. The molecule has 1 aliphatic rings. The molecule has 2 aromatic rings. The van der Waals surface area contributed by atoms with Crippen molar-refractivity contribution in [3.05, 3.63) is 46.3 Å². The van der Waals surface area contributed by atoms with Crippen molar-refractivity contribution in [3.63, 3.8) is 0 Å². The van der Waals surface area contributed by atoms with Gasteiger partial charge in [-0.25, -0.2) is 4.79 Å². The second-order valence-corrected chi connectivity index (χ2v) is 6.15. The molecule has 1 aromatic heterocycles. The van der Waals surface area contributed by atoms with Crippen LogP contribution < -0.4 is 21.6 Å². The molecule has 2 heterocycles. The Balaban J connectivity index is 1.64. The lowest BCUT2D eigenvalue weighted by atomic mass is 10.1. The molecule has 6 nitrogen and oxygen atoms in total. The fraction of sp³-hybridized carbons (Fsp3) is 0.500. The van der Waals surface area contributed by atoms with Crippen LogP contribution in [0.3, 0.4) is 0 Å². The van der Waals surface area contributed by atoms with Crippen LogP contribution in [0.2, 0.25) is 0 Å². The summed E-state index contributed by atoms with van der Waals surface area (Å²) < 4.78 is 5.20. The quantitative estimate of drug-likeness (QED) is 0.692. The van der Waals surface area contributed by atoms with E-state index < -0.39 is 0 Å². The normalized spacial score (nSPS) is 18.8. The molecule has 1 aromatic carbocycles. The highest BCUT2D eigenvalue weighted by Gasteiger charge is 2.08. The topological polar surface area (TPSA) is 69.5 Å². The van der Waals surface area contributed by atoms with Crippen LogP contribution in [0, 0.1) is 0 Å². The van der Waals surface area contributed by atoms with E-state index in [0.29, 0.717) is 5.58 Å². The molecule has 3 rings (SSSR count). The van der Waals surface area contributed by atoms with Gasteiger partial charge in [-0.05, 0) is 23.8 Å². The Labute approximate surface area is 142 Å². The van der Waals surface area contributed by atoms with Crippen LogP contribution in [0.4, 0.5) is 0 Å². The molecular weight excluding hydrogens is 304 g/mol. The lowest BCUT2D eigenvalue weighted by Gasteiger charge is -2.24. The second-order valence-electron chi connectivity index (χ2n) is 6.15. The fourth-order valence-electron chi connectivity index (χ4n) is 2.95. The lowest BCUT2D eigenvalue weighted by molar-refractivity contribution is 0.263. The van der Waals surface area contributed by atoms with Gasteiger partial charge in [0.1, 0.15) is 5.58 Å². The van der Waals surface area contributed by atoms with Crippen molar-refractivity contribution >= 4 is 11.0 Å². The average Bonchev–Trinajstić information content (AvgIpc) is 2.57. The zero-order chi connectivity index (χ0) is 16.6. The summed E-state index contributed by atoms with van der Waals surface area (Å²) in [6.07, 6.45) is 0. The Hall–Kier alpha value is -1.73. The highest BCUT2D eigenvalue weighted by molar-refractivity contribution is 5.76. The number of nitrogens with one attached hydrogen (secondary N) is 3. The molecule has 6 heteroatoms. The second kappa shape index (κ2) is 8.94. The van der Waals surface area contributed by atoms with Crippen molar-refractivity contribution in [2.45, 2.75) is 6.54 Å². The summed E-state index contributed by atoms with van der Waals surface area (Å²) in [5.41, 5.74) is 1.59. The minimum absolute atomic E-state index is 0.301. The van der Waals surface area contributed by atoms with Crippen molar-refractivity contribution in [2.75, 3.05) is 52.4 Å². The molecule has 0 aliphatic carbocycles.